The monoisotopic (exact) mass is 365 g/mol. The zero-order valence-electron chi connectivity index (χ0n) is 14.0. The van der Waals surface area contributed by atoms with E-state index in [1.807, 2.05) is 0 Å². The Kier molecular flexibility index (Phi) is 4.78. The van der Waals surface area contributed by atoms with Gasteiger partial charge in [-0.3, -0.25) is 4.79 Å². The van der Waals surface area contributed by atoms with Crippen LogP contribution in [-0.4, -0.2) is 69.7 Å². The Hall–Kier alpha value is -2.39. The molecule has 1 saturated heterocycles. The van der Waals surface area contributed by atoms with Gasteiger partial charge in [0.2, 0.25) is 0 Å². The molecule has 0 N–H and O–H groups in total. The maximum Gasteiger partial charge on any atom is 0.345 e. The average Bonchev–Trinajstić information content (AvgIpc) is 2.64. The molecular formula is C16H19N3O5S. The number of carbonyl (C=O) groups is 1. The van der Waals surface area contributed by atoms with Crippen molar-refractivity contribution in [2.45, 2.75) is 0 Å². The molecular weight excluding hydrogens is 346 g/mol. The van der Waals surface area contributed by atoms with Gasteiger partial charge < -0.3 is 14.4 Å². The molecule has 0 radical (unpaired) electrons. The fourth-order valence-electron chi connectivity index (χ4n) is 2.60. The van der Waals surface area contributed by atoms with Crippen molar-refractivity contribution in [1.82, 2.24) is 9.21 Å². The number of ether oxygens (including phenoxy) is 2. The fraction of sp³-hybridized carbons (Fsp3) is 0.375. The van der Waals surface area contributed by atoms with Gasteiger partial charge in [-0.15, -0.1) is 4.40 Å². The molecule has 1 fully saturated rings. The highest BCUT2D eigenvalue weighted by molar-refractivity contribution is 7.88. The lowest BCUT2D eigenvalue weighted by atomic mass is 10.1. The van der Waals surface area contributed by atoms with Gasteiger partial charge in [0, 0.05) is 25.7 Å². The first kappa shape index (κ1) is 17.4. The molecule has 2 aliphatic heterocycles. The number of amides is 1. The Bertz CT molecular complexity index is 841. The second-order valence-corrected chi connectivity index (χ2v) is 7.21. The van der Waals surface area contributed by atoms with E-state index in [0.717, 1.165) is 4.31 Å². The van der Waals surface area contributed by atoms with Crippen molar-refractivity contribution in [3.8, 4) is 5.75 Å². The van der Waals surface area contributed by atoms with Gasteiger partial charge in [-0.25, -0.2) is 4.31 Å². The number of methoxy groups -OCH3 is 1. The molecule has 0 aromatic heterocycles. The van der Waals surface area contributed by atoms with Crippen molar-refractivity contribution < 1.29 is 22.7 Å². The van der Waals surface area contributed by atoms with Crippen LogP contribution in [0, 0.1) is 0 Å². The highest BCUT2D eigenvalue weighted by Crippen LogP contribution is 2.23. The van der Waals surface area contributed by atoms with Gasteiger partial charge in [-0.1, -0.05) is 12.1 Å². The predicted molar refractivity (Wildman–Crippen MR) is 91.7 cm³/mol. The van der Waals surface area contributed by atoms with Gasteiger partial charge in [0.1, 0.15) is 11.4 Å². The third-order valence-corrected chi connectivity index (χ3v) is 5.37. The molecule has 0 spiro atoms. The third kappa shape index (κ3) is 3.52. The number of allylic oxidation sites excluding steroid dienone is 1. The predicted octanol–water partition coefficient (Wildman–Crippen LogP) is 0.417. The first-order valence-corrected chi connectivity index (χ1v) is 9.14. The van der Waals surface area contributed by atoms with Crippen LogP contribution in [0.4, 0.5) is 0 Å². The van der Waals surface area contributed by atoms with E-state index in [4.69, 9.17) is 9.47 Å². The molecule has 0 unspecified atom stereocenters. The first-order chi connectivity index (χ1) is 11.9. The molecule has 9 heteroatoms. The number of morpholine rings is 1. The van der Waals surface area contributed by atoms with E-state index in [1.54, 1.807) is 29.2 Å². The van der Waals surface area contributed by atoms with Crippen LogP contribution in [0.15, 0.2) is 40.4 Å². The van der Waals surface area contributed by atoms with Gasteiger partial charge in [0.25, 0.3) is 5.91 Å². The largest absolute Gasteiger partial charge is 0.497 e. The number of likely N-dealkylation sites (N-methyl/N-ethyl adjacent to an activating group) is 1. The van der Waals surface area contributed by atoms with E-state index < -0.39 is 10.2 Å². The van der Waals surface area contributed by atoms with Gasteiger partial charge in [-0.2, -0.15) is 8.42 Å². The Morgan fingerprint density at radius 2 is 2.00 bits per heavy atom. The maximum atomic E-state index is 12.8. The van der Waals surface area contributed by atoms with Crippen LogP contribution < -0.4 is 4.74 Å². The summed E-state index contributed by atoms with van der Waals surface area (Å²) in [6, 6.07) is 6.87. The van der Waals surface area contributed by atoms with Crippen LogP contribution in [0.3, 0.4) is 0 Å². The lowest BCUT2D eigenvalue weighted by molar-refractivity contribution is -0.132. The highest BCUT2D eigenvalue weighted by atomic mass is 32.2. The highest BCUT2D eigenvalue weighted by Gasteiger charge is 2.32. The van der Waals surface area contributed by atoms with Crippen molar-refractivity contribution in [2.24, 2.45) is 4.40 Å². The van der Waals surface area contributed by atoms with Gasteiger partial charge in [-0.05, 0) is 18.2 Å². The third-order valence-electron chi connectivity index (χ3n) is 4.06. The minimum absolute atomic E-state index is 0.0646. The van der Waals surface area contributed by atoms with E-state index >= 15 is 0 Å². The number of nitrogens with zero attached hydrogens (tertiary/aromatic N) is 3. The van der Waals surface area contributed by atoms with Crippen molar-refractivity contribution in [3.05, 3.63) is 41.6 Å². The van der Waals surface area contributed by atoms with Gasteiger partial charge in [0.05, 0.1) is 26.0 Å². The van der Waals surface area contributed by atoms with E-state index in [-0.39, 0.29) is 17.3 Å². The van der Waals surface area contributed by atoms with E-state index in [1.165, 1.54) is 20.2 Å². The van der Waals surface area contributed by atoms with Crippen LogP contribution in [0.5, 0.6) is 5.75 Å². The second-order valence-electron chi connectivity index (χ2n) is 5.59. The maximum absolute atomic E-state index is 12.8. The standard InChI is InChI=1S/C16H19N3O5S/c1-18-15(16(20)19-6-8-24-9-7-19)11-14(17-25(18,21)22)12-4-3-5-13(10-12)23-2/h3-5,10-11H,6-9H2,1-2H3. The van der Waals surface area contributed by atoms with Crippen LogP contribution in [0.1, 0.15) is 5.56 Å². The van der Waals surface area contributed by atoms with Crippen molar-refractivity contribution in [2.75, 3.05) is 40.5 Å². The Morgan fingerprint density at radius 3 is 2.68 bits per heavy atom. The van der Waals surface area contributed by atoms with Crippen LogP contribution in [0.2, 0.25) is 0 Å². The Labute approximate surface area is 146 Å². The lowest BCUT2D eigenvalue weighted by Gasteiger charge is -2.31. The summed E-state index contributed by atoms with van der Waals surface area (Å²) in [5, 5.41) is 0. The zero-order chi connectivity index (χ0) is 18.0. The molecule has 1 aromatic carbocycles. The number of carbonyl (C=O) groups excluding carboxylic acids is 1. The summed E-state index contributed by atoms with van der Waals surface area (Å²) in [4.78, 5) is 14.3. The summed E-state index contributed by atoms with van der Waals surface area (Å²) in [5.74, 6) is 0.218. The topological polar surface area (TPSA) is 88.5 Å². The molecule has 134 valence electrons. The molecule has 8 nitrogen and oxygen atoms in total. The smallest absolute Gasteiger partial charge is 0.345 e. The van der Waals surface area contributed by atoms with Gasteiger partial charge in [0.15, 0.2) is 0 Å². The Balaban J connectivity index is 2.00. The van der Waals surface area contributed by atoms with Crippen LogP contribution in [0.25, 0.3) is 0 Å². The van der Waals surface area contributed by atoms with E-state index in [9.17, 15) is 13.2 Å². The SMILES string of the molecule is COc1cccc(C2=NS(=O)(=O)N(C)C(C(=O)N3CCOCC3)=C2)c1. The molecule has 2 aliphatic rings. The van der Waals surface area contributed by atoms with Crippen LogP contribution in [-0.2, 0) is 19.7 Å². The molecule has 3 rings (SSSR count). The minimum Gasteiger partial charge on any atom is -0.497 e. The number of benzene rings is 1. The summed E-state index contributed by atoms with van der Waals surface area (Å²) in [6.07, 6.45) is 1.49. The normalized spacial score (nSPS) is 19.9. The van der Waals surface area contributed by atoms with Crippen molar-refractivity contribution in [3.63, 3.8) is 0 Å². The summed E-state index contributed by atoms with van der Waals surface area (Å²) in [6.45, 7) is 1.73. The summed E-state index contributed by atoms with van der Waals surface area (Å²) in [7, 11) is -1.13. The summed E-state index contributed by atoms with van der Waals surface area (Å²) in [5.41, 5.74) is 0.826. The van der Waals surface area contributed by atoms with Crippen molar-refractivity contribution in [1.29, 1.82) is 0 Å². The van der Waals surface area contributed by atoms with E-state index in [2.05, 4.69) is 4.40 Å². The minimum atomic E-state index is -3.98. The average molecular weight is 365 g/mol. The zero-order valence-corrected chi connectivity index (χ0v) is 14.8. The Morgan fingerprint density at radius 1 is 1.28 bits per heavy atom. The number of hydrogen-bond acceptors (Lipinski definition) is 5. The molecule has 0 bridgehead atoms. The fourth-order valence-corrected chi connectivity index (χ4v) is 3.51. The molecule has 0 saturated carbocycles. The second kappa shape index (κ2) is 6.85. The van der Waals surface area contributed by atoms with Gasteiger partial charge >= 0.3 is 10.2 Å². The van der Waals surface area contributed by atoms with Crippen molar-refractivity contribution >= 4 is 21.8 Å². The molecule has 25 heavy (non-hydrogen) atoms. The number of hydrogen-bond donors (Lipinski definition) is 0. The molecule has 0 aliphatic carbocycles. The lowest BCUT2D eigenvalue weighted by Crippen LogP contribution is -2.45. The number of rotatable bonds is 3. The summed E-state index contributed by atoms with van der Waals surface area (Å²) < 4.78 is 39.9. The summed E-state index contributed by atoms with van der Waals surface area (Å²) >= 11 is 0. The molecule has 1 amide bonds. The van der Waals surface area contributed by atoms with E-state index in [0.29, 0.717) is 37.6 Å². The first-order valence-electron chi connectivity index (χ1n) is 7.74. The molecule has 1 aromatic rings. The molecule has 2 heterocycles. The van der Waals surface area contributed by atoms with Crippen LogP contribution >= 0.6 is 0 Å². The quantitative estimate of drug-likeness (QED) is 0.774. The molecule has 0 atom stereocenters.